The van der Waals surface area contributed by atoms with Gasteiger partial charge in [-0.2, -0.15) is 0 Å². The Bertz CT molecular complexity index is 474. The summed E-state index contributed by atoms with van der Waals surface area (Å²) in [6.45, 7) is 0.568. The largest absolute Gasteiger partial charge is 0.316 e. The highest BCUT2D eigenvalue weighted by Gasteiger charge is 2.10. The summed E-state index contributed by atoms with van der Waals surface area (Å²) in [5, 5.41) is 2.96. The summed E-state index contributed by atoms with van der Waals surface area (Å²) in [7, 11) is -1.20. The molecule has 0 heterocycles. The van der Waals surface area contributed by atoms with Crippen molar-refractivity contribution in [3.05, 3.63) is 29.6 Å². The van der Waals surface area contributed by atoms with Crippen LogP contribution in [0.4, 0.5) is 4.39 Å². The molecule has 0 aliphatic carbocycles. The van der Waals surface area contributed by atoms with E-state index in [-0.39, 0.29) is 11.6 Å². The lowest BCUT2D eigenvalue weighted by molar-refractivity contribution is 0.593. The lowest BCUT2D eigenvalue weighted by atomic mass is 10.2. The highest BCUT2D eigenvalue weighted by Crippen LogP contribution is 2.26. The van der Waals surface area contributed by atoms with E-state index in [1.165, 1.54) is 24.1 Å². The van der Waals surface area contributed by atoms with E-state index in [0.29, 0.717) is 17.2 Å². The smallest absolute Gasteiger partial charge is 0.148 e. The van der Waals surface area contributed by atoms with Crippen LogP contribution >= 0.6 is 11.8 Å². The minimum atomic E-state index is -2.99. The zero-order valence-electron chi connectivity index (χ0n) is 9.86. The zero-order chi connectivity index (χ0) is 12.9. The van der Waals surface area contributed by atoms with Crippen LogP contribution in [0.5, 0.6) is 0 Å². The Morgan fingerprint density at radius 3 is 2.71 bits per heavy atom. The van der Waals surface area contributed by atoms with Crippen molar-refractivity contribution in [1.82, 2.24) is 5.32 Å². The number of sulfone groups is 1. The fourth-order valence-corrected chi connectivity index (χ4v) is 3.62. The van der Waals surface area contributed by atoms with Crippen molar-refractivity contribution in [1.29, 1.82) is 0 Å². The molecule has 0 amide bonds. The average molecular weight is 277 g/mol. The quantitative estimate of drug-likeness (QED) is 0.804. The van der Waals surface area contributed by atoms with E-state index in [1.54, 1.807) is 13.1 Å². The van der Waals surface area contributed by atoms with Crippen LogP contribution in [0.15, 0.2) is 23.1 Å². The second kappa shape index (κ2) is 6.37. The Labute approximate surface area is 106 Å². The van der Waals surface area contributed by atoms with E-state index in [0.717, 1.165) is 5.56 Å². The molecule has 0 atom stereocenters. The lowest BCUT2D eigenvalue weighted by Crippen LogP contribution is -2.08. The summed E-state index contributed by atoms with van der Waals surface area (Å²) in [5.41, 5.74) is 0.853. The molecule has 1 rings (SSSR count). The molecule has 1 N–H and O–H groups in total. The number of thioether (sulfide) groups is 1. The molecule has 1 aromatic rings. The number of nitrogens with one attached hydrogen (secondary N) is 1. The molecule has 0 radical (unpaired) electrons. The summed E-state index contributed by atoms with van der Waals surface area (Å²) in [6.07, 6.45) is 1.18. The molecule has 0 bridgehead atoms. The monoisotopic (exact) mass is 277 g/mol. The molecule has 0 saturated heterocycles. The third-order valence-corrected chi connectivity index (χ3v) is 4.47. The second-order valence-electron chi connectivity index (χ2n) is 3.74. The third-order valence-electron chi connectivity index (χ3n) is 2.12. The van der Waals surface area contributed by atoms with Crippen LogP contribution in [0.2, 0.25) is 0 Å². The molecular formula is C11H16FNO2S2. The molecule has 3 nitrogen and oxygen atoms in total. The molecule has 0 unspecified atom stereocenters. The van der Waals surface area contributed by atoms with Crippen molar-refractivity contribution in [2.24, 2.45) is 0 Å². The maximum atomic E-state index is 13.6. The molecule has 0 aromatic heterocycles. The number of rotatable bonds is 6. The average Bonchev–Trinajstić information content (AvgIpc) is 2.21. The molecule has 6 heteroatoms. The Morgan fingerprint density at radius 2 is 2.12 bits per heavy atom. The number of hydrogen-bond donors (Lipinski definition) is 1. The Kier molecular flexibility index (Phi) is 5.42. The SMILES string of the molecule is CNCc1cccc(F)c1SCCS(C)(=O)=O. The zero-order valence-corrected chi connectivity index (χ0v) is 11.5. The van der Waals surface area contributed by atoms with Crippen molar-refractivity contribution >= 4 is 21.6 Å². The number of hydrogen-bond acceptors (Lipinski definition) is 4. The molecular weight excluding hydrogens is 261 g/mol. The van der Waals surface area contributed by atoms with Crippen molar-refractivity contribution in [3.8, 4) is 0 Å². The maximum Gasteiger partial charge on any atom is 0.148 e. The van der Waals surface area contributed by atoms with Gasteiger partial charge in [-0.05, 0) is 18.7 Å². The fraction of sp³-hybridized carbons (Fsp3) is 0.455. The van der Waals surface area contributed by atoms with Gasteiger partial charge in [-0.25, -0.2) is 12.8 Å². The number of benzene rings is 1. The fourth-order valence-electron chi connectivity index (χ4n) is 1.34. The van der Waals surface area contributed by atoms with Crippen LogP contribution in [-0.2, 0) is 16.4 Å². The standard InChI is InChI=1S/C11H16FNO2S2/c1-13-8-9-4-3-5-10(12)11(9)16-6-7-17(2,14)15/h3-5,13H,6-8H2,1-2H3. The summed E-state index contributed by atoms with van der Waals surface area (Å²) >= 11 is 1.25. The van der Waals surface area contributed by atoms with Gasteiger partial charge < -0.3 is 5.32 Å². The van der Waals surface area contributed by atoms with Crippen molar-refractivity contribution < 1.29 is 12.8 Å². The molecule has 1 aromatic carbocycles. The minimum absolute atomic E-state index is 0.0605. The third kappa shape index (κ3) is 5.06. The van der Waals surface area contributed by atoms with Gasteiger partial charge in [0.05, 0.1) is 5.75 Å². The predicted molar refractivity (Wildman–Crippen MR) is 69.6 cm³/mol. The van der Waals surface area contributed by atoms with Crippen LogP contribution in [0.3, 0.4) is 0 Å². The van der Waals surface area contributed by atoms with Gasteiger partial charge in [-0.15, -0.1) is 11.8 Å². The summed E-state index contributed by atoms with van der Waals surface area (Å²) in [5.74, 6) is 0.137. The van der Waals surface area contributed by atoms with Gasteiger partial charge in [0, 0.05) is 23.4 Å². The van der Waals surface area contributed by atoms with Gasteiger partial charge in [0.15, 0.2) is 0 Å². The van der Waals surface area contributed by atoms with E-state index in [1.807, 2.05) is 6.07 Å². The van der Waals surface area contributed by atoms with Crippen LogP contribution in [0.25, 0.3) is 0 Å². The first kappa shape index (κ1) is 14.5. The first-order chi connectivity index (χ1) is 7.94. The summed E-state index contributed by atoms with van der Waals surface area (Å²) < 4.78 is 35.6. The van der Waals surface area contributed by atoms with E-state index >= 15 is 0 Å². The highest BCUT2D eigenvalue weighted by molar-refractivity contribution is 8.00. The van der Waals surface area contributed by atoms with E-state index in [9.17, 15) is 12.8 Å². The molecule has 0 saturated carbocycles. The van der Waals surface area contributed by atoms with Crippen molar-refractivity contribution in [2.75, 3.05) is 24.8 Å². The number of halogens is 1. The second-order valence-corrected chi connectivity index (χ2v) is 7.10. The van der Waals surface area contributed by atoms with Gasteiger partial charge in [0.25, 0.3) is 0 Å². The van der Waals surface area contributed by atoms with Gasteiger partial charge in [-0.1, -0.05) is 12.1 Å². The van der Waals surface area contributed by atoms with Gasteiger partial charge in [0.1, 0.15) is 15.7 Å². The van der Waals surface area contributed by atoms with Crippen LogP contribution in [-0.4, -0.2) is 33.2 Å². The first-order valence-corrected chi connectivity index (χ1v) is 8.21. The van der Waals surface area contributed by atoms with Gasteiger partial charge in [-0.3, -0.25) is 0 Å². The van der Waals surface area contributed by atoms with Crippen molar-refractivity contribution in [3.63, 3.8) is 0 Å². The van der Waals surface area contributed by atoms with Crippen LogP contribution < -0.4 is 5.32 Å². The summed E-state index contributed by atoms with van der Waals surface area (Å²) in [6, 6.07) is 4.88. The normalized spacial score (nSPS) is 11.7. The van der Waals surface area contributed by atoms with Crippen molar-refractivity contribution in [2.45, 2.75) is 11.4 Å². The van der Waals surface area contributed by atoms with Gasteiger partial charge >= 0.3 is 0 Å². The highest BCUT2D eigenvalue weighted by atomic mass is 32.2. The molecule has 96 valence electrons. The molecule has 0 aliphatic rings. The molecule has 17 heavy (non-hydrogen) atoms. The maximum absolute atomic E-state index is 13.6. The Morgan fingerprint density at radius 1 is 1.41 bits per heavy atom. The van der Waals surface area contributed by atoms with E-state index in [4.69, 9.17) is 0 Å². The Balaban J connectivity index is 2.75. The Hall–Kier alpha value is -0.590. The predicted octanol–water partition coefficient (Wildman–Crippen LogP) is 1.68. The molecule has 0 fully saturated rings. The first-order valence-electron chi connectivity index (χ1n) is 5.16. The van der Waals surface area contributed by atoms with Crippen LogP contribution in [0.1, 0.15) is 5.56 Å². The van der Waals surface area contributed by atoms with E-state index in [2.05, 4.69) is 5.32 Å². The van der Waals surface area contributed by atoms with Gasteiger partial charge in [0.2, 0.25) is 0 Å². The lowest BCUT2D eigenvalue weighted by Gasteiger charge is -2.09. The molecule has 0 aliphatic heterocycles. The van der Waals surface area contributed by atoms with Crippen LogP contribution in [0, 0.1) is 5.82 Å². The topological polar surface area (TPSA) is 46.2 Å². The van der Waals surface area contributed by atoms with E-state index < -0.39 is 9.84 Å². The summed E-state index contributed by atoms with van der Waals surface area (Å²) in [4.78, 5) is 0.533. The molecule has 0 spiro atoms. The minimum Gasteiger partial charge on any atom is -0.316 e.